The molecule has 2 heterocycles. The van der Waals surface area contributed by atoms with Gasteiger partial charge in [-0.3, -0.25) is 19.6 Å². The lowest BCUT2D eigenvalue weighted by Crippen LogP contribution is -2.47. The molecule has 0 saturated carbocycles. The standard InChI is InChI=1S/C25H36N4O6S/c30-14-11-28-9-7-27(8-10-28)6-5-26-19-23-24(31)17-21(18-25(23)32)20-1-3-22(4-2-20)36(33,34)29-12-15-35-16-13-29/h1-4,19,21,30-31H,5-18H2. The molecule has 1 atom stereocenters. The molecule has 2 aliphatic heterocycles. The van der Waals surface area contributed by atoms with Crippen LogP contribution in [0.25, 0.3) is 0 Å². The average molecular weight is 521 g/mol. The molecule has 0 aromatic heterocycles. The number of Topliss-reactive ketones (excluding diaryl/α,β-unsaturated/α-hetero) is 1. The second kappa shape index (κ2) is 12.4. The molecule has 0 amide bonds. The Morgan fingerprint density at radius 3 is 2.22 bits per heavy atom. The molecule has 4 rings (SSSR count). The third-order valence-electron chi connectivity index (χ3n) is 7.09. The molecule has 2 N–H and O–H groups in total. The summed E-state index contributed by atoms with van der Waals surface area (Å²) in [5.41, 5.74) is 1.10. The minimum Gasteiger partial charge on any atom is -0.511 e. The molecular weight excluding hydrogens is 484 g/mol. The summed E-state index contributed by atoms with van der Waals surface area (Å²) >= 11 is 0. The normalized spacial score (nSPS) is 23.6. The van der Waals surface area contributed by atoms with Crippen molar-refractivity contribution in [3.8, 4) is 0 Å². The van der Waals surface area contributed by atoms with Crippen LogP contribution in [0.2, 0.25) is 0 Å². The molecule has 1 aromatic carbocycles. The fourth-order valence-electron chi connectivity index (χ4n) is 4.87. The largest absolute Gasteiger partial charge is 0.511 e. The first-order valence-electron chi connectivity index (χ1n) is 12.6. The van der Waals surface area contributed by atoms with Crippen molar-refractivity contribution in [1.82, 2.24) is 14.1 Å². The van der Waals surface area contributed by atoms with Crippen molar-refractivity contribution < 1.29 is 28.2 Å². The van der Waals surface area contributed by atoms with Gasteiger partial charge in [-0.15, -0.1) is 0 Å². The maximum Gasteiger partial charge on any atom is 0.243 e. The van der Waals surface area contributed by atoms with E-state index in [1.165, 1.54) is 10.5 Å². The number of aliphatic imine (C=N–C) groups is 1. The minimum atomic E-state index is -3.57. The molecule has 36 heavy (non-hydrogen) atoms. The molecule has 11 heteroatoms. The van der Waals surface area contributed by atoms with Crippen LogP contribution in [0.15, 0.2) is 45.5 Å². The van der Waals surface area contributed by atoms with Crippen LogP contribution in [0, 0.1) is 0 Å². The van der Waals surface area contributed by atoms with E-state index in [9.17, 15) is 18.3 Å². The zero-order valence-electron chi connectivity index (χ0n) is 20.6. The number of morpholine rings is 1. The van der Waals surface area contributed by atoms with Crippen LogP contribution in [0.3, 0.4) is 0 Å². The lowest BCUT2D eigenvalue weighted by molar-refractivity contribution is -0.116. The van der Waals surface area contributed by atoms with Crippen LogP contribution < -0.4 is 0 Å². The number of aliphatic hydroxyl groups excluding tert-OH is 2. The molecule has 1 aliphatic carbocycles. The van der Waals surface area contributed by atoms with E-state index in [1.54, 1.807) is 24.3 Å². The van der Waals surface area contributed by atoms with Crippen LogP contribution in [-0.2, 0) is 19.6 Å². The molecule has 0 bridgehead atoms. The van der Waals surface area contributed by atoms with Crippen LogP contribution in [0.4, 0.5) is 0 Å². The molecule has 1 aromatic rings. The average Bonchev–Trinajstić information content (AvgIpc) is 2.89. The van der Waals surface area contributed by atoms with Gasteiger partial charge in [0.05, 0.1) is 36.8 Å². The summed E-state index contributed by atoms with van der Waals surface area (Å²) in [7, 11) is -3.57. The molecule has 2 fully saturated rings. The summed E-state index contributed by atoms with van der Waals surface area (Å²) in [6.07, 6.45) is 2.05. The summed E-state index contributed by atoms with van der Waals surface area (Å²) in [5, 5.41) is 19.6. The third kappa shape index (κ3) is 6.58. The van der Waals surface area contributed by atoms with Crippen LogP contribution >= 0.6 is 0 Å². The van der Waals surface area contributed by atoms with Gasteiger partial charge in [0.25, 0.3) is 0 Å². The lowest BCUT2D eigenvalue weighted by atomic mass is 9.83. The summed E-state index contributed by atoms with van der Waals surface area (Å²) in [6, 6.07) is 6.62. The van der Waals surface area contributed by atoms with Crippen molar-refractivity contribution in [2.24, 2.45) is 4.99 Å². The predicted molar refractivity (Wildman–Crippen MR) is 136 cm³/mol. The van der Waals surface area contributed by atoms with Gasteiger partial charge in [-0.25, -0.2) is 8.42 Å². The highest BCUT2D eigenvalue weighted by Crippen LogP contribution is 2.33. The Balaban J connectivity index is 1.31. The van der Waals surface area contributed by atoms with Crippen molar-refractivity contribution in [2.75, 3.05) is 78.7 Å². The topological polar surface area (TPSA) is 123 Å². The SMILES string of the molecule is O=C1CC(c2ccc(S(=O)(=O)N3CCOCC3)cc2)CC(O)=C1C=NCCN1CCN(CCO)CC1. The summed E-state index contributed by atoms with van der Waals surface area (Å²) in [4.78, 5) is 21.9. The molecule has 2 saturated heterocycles. The van der Waals surface area contributed by atoms with Crippen molar-refractivity contribution >= 4 is 22.0 Å². The predicted octanol–water partition coefficient (Wildman–Crippen LogP) is 0.647. The molecule has 0 radical (unpaired) electrons. The quantitative estimate of drug-likeness (QED) is 0.455. The number of nitrogens with zero attached hydrogens (tertiary/aromatic N) is 4. The first-order chi connectivity index (χ1) is 17.4. The Labute approximate surface area is 212 Å². The molecule has 1 unspecified atom stereocenters. The van der Waals surface area contributed by atoms with Crippen molar-refractivity contribution in [2.45, 2.75) is 23.7 Å². The van der Waals surface area contributed by atoms with Gasteiger partial charge in [0.15, 0.2) is 5.78 Å². The first-order valence-corrected chi connectivity index (χ1v) is 14.0. The van der Waals surface area contributed by atoms with Gasteiger partial charge in [-0.2, -0.15) is 4.31 Å². The van der Waals surface area contributed by atoms with Gasteiger partial charge in [-0.05, 0) is 23.6 Å². The first kappa shape index (κ1) is 26.9. The Bertz CT molecular complexity index is 1060. The van der Waals surface area contributed by atoms with E-state index in [0.717, 1.165) is 38.3 Å². The van der Waals surface area contributed by atoms with Crippen molar-refractivity contribution in [3.05, 3.63) is 41.2 Å². The second-order valence-corrected chi connectivity index (χ2v) is 11.4. The van der Waals surface area contributed by atoms with Gasteiger partial charge in [-0.1, -0.05) is 12.1 Å². The maximum atomic E-state index is 12.8. The van der Waals surface area contributed by atoms with Crippen LogP contribution in [0.5, 0.6) is 0 Å². The minimum absolute atomic E-state index is 0.0302. The highest BCUT2D eigenvalue weighted by molar-refractivity contribution is 7.89. The number of carbonyl (C=O) groups is 1. The smallest absolute Gasteiger partial charge is 0.243 e. The number of sulfonamides is 1. The number of β-amino-alcohol motifs (C(OH)–C–C–N with tert-alkyl or cyclic N) is 1. The monoisotopic (exact) mass is 520 g/mol. The Morgan fingerprint density at radius 1 is 0.972 bits per heavy atom. The van der Waals surface area contributed by atoms with Crippen molar-refractivity contribution in [3.63, 3.8) is 0 Å². The number of rotatable bonds is 9. The van der Waals surface area contributed by atoms with Gasteiger partial charge < -0.3 is 14.9 Å². The van der Waals surface area contributed by atoms with E-state index in [2.05, 4.69) is 14.8 Å². The number of allylic oxidation sites excluding steroid dienone is 2. The number of carbonyl (C=O) groups excluding carboxylic acids is 1. The number of ether oxygens (including phenoxy) is 1. The highest BCUT2D eigenvalue weighted by Gasteiger charge is 2.29. The number of hydrogen-bond donors (Lipinski definition) is 2. The number of hydrogen-bond acceptors (Lipinski definition) is 9. The molecule has 10 nitrogen and oxygen atoms in total. The maximum absolute atomic E-state index is 12.8. The van der Waals surface area contributed by atoms with E-state index in [4.69, 9.17) is 9.84 Å². The Hall–Kier alpha value is -2.15. The molecular formula is C25H36N4O6S. The zero-order valence-corrected chi connectivity index (χ0v) is 21.4. The van der Waals surface area contributed by atoms with E-state index in [1.807, 2.05) is 0 Å². The van der Waals surface area contributed by atoms with Crippen LogP contribution in [0.1, 0.15) is 24.3 Å². The van der Waals surface area contributed by atoms with Gasteiger partial charge in [0.1, 0.15) is 5.76 Å². The number of piperazine rings is 1. The van der Waals surface area contributed by atoms with Gasteiger partial charge in [0.2, 0.25) is 10.0 Å². The zero-order chi connectivity index (χ0) is 25.5. The fraction of sp³-hybridized carbons (Fsp3) is 0.600. The molecule has 198 valence electrons. The van der Waals surface area contributed by atoms with Crippen LogP contribution in [-0.4, -0.2) is 123 Å². The van der Waals surface area contributed by atoms with E-state index in [-0.39, 0.29) is 41.0 Å². The third-order valence-corrected chi connectivity index (χ3v) is 9.00. The molecule has 0 spiro atoms. The summed E-state index contributed by atoms with van der Waals surface area (Å²) in [6.45, 7) is 7.39. The Morgan fingerprint density at radius 2 is 1.61 bits per heavy atom. The van der Waals surface area contributed by atoms with E-state index >= 15 is 0 Å². The fourth-order valence-corrected chi connectivity index (χ4v) is 6.28. The van der Waals surface area contributed by atoms with Crippen molar-refractivity contribution in [1.29, 1.82) is 0 Å². The van der Waals surface area contributed by atoms with Gasteiger partial charge >= 0.3 is 0 Å². The lowest BCUT2D eigenvalue weighted by Gasteiger charge is -2.33. The van der Waals surface area contributed by atoms with E-state index in [0.29, 0.717) is 45.8 Å². The number of ketones is 1. The second-order valence-electron chi connectivity index (χ2n) is 9.42. The highest BCUT2D eigenvalue weighted by atomic mass is 32.2. The summed E-state index contributed by atoms with van der Waals surface area (Å²) in [5.74, 6) is -0.331. The summed E-state index contributed by atoms with van der Waals surface area (Å²) < 4.78 is 32.3. The molecule has 3 aliphatic rings. The Kier molecular flexibility index (Phi) is 9.26. The van der Waals surface area contributed by atoms with E-state index < -0.39 is 10.0 Å². The number of benzene rings is 1. The number of aliphatic hydroxyl groups is 2. The van der Waals surface area contributed by atoms with Gasteiger partial charge in [0, 0.05) is 71.4 Å².